The van der Waals surface area contributed by atoms with Crippen LogP contribution in [0.1, 0.15) is 79.4 Å². The van der Waals surface area contributed by atoms with E-state index < -0.39 is 11.7 Å². The van der Waals surface area contributed by atoms with Crippen LogP contribution in [0.4, 0.5) is 4.79 Å². The number of hydrogen-bond donors (Lipinski definition) is 2. The molecule has 0 aliphatic heterocycles. The summed E-state index contributed by atoms with van der Waals surface area (Å²) in [4.78, 5) is 20.1. The lowest BCUT2D eigenvalue weighted by atomic mass is 9.86. The second kappa shape index (κ2) is 8.89. The minimum Gasteiger partial charge on any atom is -0.444 e. The van der Waals surface area contributed by atoms with E-state index in [0.29, 0.717) is 5.82 Å². The number of carbonyl (C=O) groups is 1. The molecule has 1 heterocycles. The quantitative estimate of drug-likeness (QED) is 0.558. The van der Waals surface area contributed by atoms with Gasteiger partial charge in [-0.05, 0) is 49.6 Å². The number of imidazole rings is 1. The van der Waals surface area contributed by atoms with Gasteiger partial charge in [-0.2, -0.15) is 0 Å². The molecule has 1 aromatic rings. The van der Waals surface area contributed by atoms with Crippen molar-refractivity contribution < 1.29 is 9.53 Å². The van der Waals surface area contributed by atoms with Gasteiger partial charge in [-0.3, -0.25) is 0 Å². The summed E-state index contributed by atoms with van der Waals surface area (Å²) in [5, 5.41) is 2.95. The number of allylic oxidation sites excluding steroid dienone is 4. The molecule has 6 heteroatoms. The van der Waals surface area contributed by atoms with E-state index in [0.717, 1.165) is 22.2 Å². The highest BCUT2D eigenvalue weighted by Gasteiger charge is 2.32. The number of amides is 1. The standard InChI is InChI=1S/C20H32BrN3O2/c1-9-14(21)11-10-13(2)15-12-22-17(23-15)16(19(3,4)5)24-18(25)26-20(6,7)8/h10-12,16H,9H2,1-8H3,(H,22,23)(H,24,25)/b13-10+,14-11+/t16-/m1/s1. The minimum atomic E-state index is -0.542. The Hall–Kier alpha value is -1.56. The molecule has 1 atom stereocenters. The van der Waals surface area contributed by atoms with Crippen LogP contribution in [0.5, 0.6) is 0 Å². The van der Waals surface area contributed by atoms with Gasteiger partial charge in [-0.25, -0.2) is 9.78 Å². The molecule has 2 N–H and O–H groups in total. The Kier molecular flexibility index (Phi) is 7.69. The fraction of sp³-hybridized carbons (Fsp3) is 0.600. The molecule has 1 aromatic heterocycles. The van der Waals surface area contributed by atoms with E-state index in [9.17, 15) is 4.79 Å². The second-order valence-corrected chi connectivity index (χ2v) is 9.46. The van der Waals surface area contributed by atoms with Gasteiger partial charge in [0.1, 0.15) is 11.4 Å². The molecule has 146 valence electrons. The maximum absolute atomic E-state index is 12.2. The average Bonchev–Trinajstić information content (AvgIpc) is 2.96. The second-order valence-electron chi connectivity index (χ2n) is 8.44. The monoisotopic (exact) mass is 425 g/mol. The first-order valence-corrected chi connectivity index (χ1v) is 9.70. The van der Waals surface area contributed by atoms with E-state index in [1.807, 2.05) is 39.8 Å². The largest absolute Gasteiger partial charge is 0.444 e. The zero-order chi connectivity index (χ0) is 20.1. The van der Waals surface area contributed by atoms with Crippen LogP contribution < -0.4 is 5.32 Å². The fourth-order valence-corrected chi connectivity index (χ4v) is 2.36. The molecule has 0 radical (unpaired) electrons. The molecule has 0 saturated carbocycles. The van der Waals surface area contributed by atoms with E-state index in [2.05, 4.69) is 58.9 Å². The summed E-state index contributed by atoms with van der Waals surface area (Å²) in [5.74, 6) is 0.713. The van der Waals surface area contributed by atoms with Gasteiger partial charge >= 0.3 is 6.09 Å². The van der Waals surface area contributed by atoms with E-state index in [-0.39, 0.29) is 11.5 Å². The van der Waals surface area contributed by atoms with Crippen LogP contribution in [0.3, 0.4) is 0 Å². The Morgan fingerprint density at radius 3 is 2.42 bits per heavy atom. The normalized spacial score (nSPS) is 15.0. The molecule has 26 heavy (non-hydrogen) atoms. The molecule has 0 unspecified atom stereocenters. The van der Waals surface area contributed by atoms with Gasteiger partial charge in [0, 0.05) is 0 Å². The third kappa shape index (κ3) is 7.36. The third-order valence-corrected chi connectivity index (χ3v) is 4.50. The Labute approximate surface area is 165 Å². The number of rotatable bonds is 5. The SMILES string of the molecule is CC/C(Br)=C\C=C(/C)c1cnc([C@@H](NC(=O)OC(C)(C)C)C(C)(C)C)[nH]1. The molecule has 1 rings (SSSR count). The summed E-state index contributed by atoms with van der Waals surface area (Å²) in [6, 6.07) is -0.295. The summed E-state index contributed by atoms with van der Waals surface area (Å²) in [6.07, 6.45) is 6.38. The van der Waals surface area contributed by atoms with Crippen LogP contribution in [0.2, 0.25) is 0 Å². The molecule has 0 aliphatic rings. The van der Waals surface area contributed by atoms with Crippen molar-refractivity contribution in [3.05, 3.63) is 34.3 Å². The predicted octanol–water partition coefficient (Wildman–Crippen LogP) is 6.11. The number of hydrogen-bond acceptors (Lipinski definition) is 3. The van der Waals surface area contributed by atoms with E-state index >= 15 is 0 Å². The molecule has 0 saturated heterocycles. The van der Waals surface area contributed by atoms with Gasteiger partial charge < -0.3 is 15.0 Å². The first-order chi connectivity index (χ1) is 11.8. The number of carbonyl (C=O) groups excluding carboxylic acids is 1. The average molecular weight is 426 g/mol. The van der Waals surface area contributed by atoms with Crippen molar-refractivity contribution >= 4 is 27.6 Å². The first-order valence-electron chi connectivity index (χ1n) is 8.91. The molecule has 0 bridgehead atoms. The van der Waals surface area contributed by atoms with Crippen LogP contribution >= 0.6 is 15.9 Å². The van der Waals surface area contributed by atoms with Crippen molar-refractivity contribution in [3.63, 3.8) is 0 Å². The first kappa shape index (κ1) is 22.5. The molecule has 0 aliphatic carbocycles. The number of ether oxygens (including phenoxy) is 1. The topological polar surface area (TPSA) is 67.0 Å². The lowest BCUT2D eigenvalue weighted by molar-refractivity contribution is 0.0458. The highest BCUT2D eigenvalue weighted by atomic mass is 79.9. The van der Waals surface area contributed by atoms with Gasteiger partial charge in [0.15, 0.2) is 0 Å². The third-order valence-electron chi connectivity index (χ3n) is 3.67. The van der Waals surface area contributed by atoms with Crippen molar-refractivity contribution in [2.75, 3.05) is 0 Å². The van der Waals surface area contributed by atoms with E-state index in [1.165, 1.54) is 0 Å². The summed E-state index contributed by atoms with van der Waals surface area (Å²) < 4.78 is 6.54. The minimum absolute atomic E-state index is 0.227. The molecular formula is C20H32BrN3O2. The molecular weight excluding hydrogens is 394 g/mol. The summed E-state index contributed by atoms with van der Waals surface area (Å²) in [6.45, 7) is 15.8. The molecule has 0 fully saturated rings. The van der Waals surface area contributed by atoms with Gasteiger partial charge in [0.05, 0.1) is 17.9 Å². The number of alkyl carbamates (subject to hydrolysis) is 1. The van der Waals surface area contributed by atoms with Gasteiger partial charge in [0.2, 0.25) is 0 Å². The van der Waals surface area contributed by atoms with Crippen LogP contribution in [-0.4, -0.2) is 21.7 Å². The molecule has 0 aromatic carbocycles. The highest BCUT2D eigenvalue weighted by Crippen LogP contribution is 2.32. The zero-order valence-corrected chi connectivity index (χ0v) is 18.7. The van der Waals surface area contributed by atoms with E-state index in [4.69, 9.17) is 4.74 Å². The van der Waals surface area contributed by atoms with Crippen molar-refractivity contribution in [3.8, 4) is 0 Å². The smallest absolute Gasteiger partial charge is 0.408 e. The van der Waals surface area contributed by atoms with Crippen LogP contribution in [0.25, 0.3) is 5.57 Å². The summed E-state index contributed by atoms with van der Waals surface area (Å²) in [7, 11) is 0. The van der Waals surface area contributed by atoms with E-state index in [1.54, 1.807) is 6.20 Å². The number of H-pyrrole nitrogens is 1. The maximum atomic E-state index is 12.2. The Bertz CT molecular complexity index is 676. The van der Waals surface area contributed by atoms with Crippen molar-refractivity contribution in [1.82, 2.24) is 15.3 Å². The number of aromatic nitrogens is 2. The highest BCUT2D eigenvalue weighted by molar-refractivity contribution is 9.11. The Morgan fingerprint density at radius 1 is 1.31 bits per heavy atom. The summed E-state index contributed by atoms with van der Waals surface area (Å²) >= 11 is 3.51. The Morgan fingerprint density at radius 2 is 1.92 bits per heavy atom. The maximum Gasteiger partial charge on any atom is 0.408 e. The molecule has 0 spiro atoms. The molecule has 5 nitrogen and oxygen atoms in total. The number of nitrogens with one attached hydrogen (secondary N) is 2. The van der Waals surface area contributed by atoms with Crippen molar-refractivity contribution in [1.29, 1.82) is 0 Å². The fourth-order valence-electron chi connectivity index (χ4n) is 2.23. The van der Waals surface area contributed by atoms with Gasteiger partial charge in [0.25, 0.3) is 0 Å². The predicted molar refractivity (Wildman–Crippen MR) is 111 cm³/mol. The number of aromatic amines is 1. The van der Waals surface area contributed by atoms with Crippen molar-refractivity contribution in [2.24, 2.45) is 5.41 Å². The lowest BCUT2D eigenvalue weighted by Gasteiger charge is -2.31. The summed E-state index contributed by atoms with van der Waals surface area (Å²) in [5.41, 5.74) is 1.22. The van der Waals surface area contributed by atoms with Gasteiger partial charge in [-0.1, -0.05) is 55.8 Å². The number of halogens is 1. The molecule has 1 amide bonds. The zero-order valence-electron chi connectivity index (χ0n) is 17.2. The number of nitrogens with zero attached hydrogens (tertiary/aromatic N) is 1. The van der Waals surface area contributed by atoms with Gasteiger partial charge in [-0.15, -0.1) is 0 Å². The van der Waals surface area contributed by atoms with Crippen LogP contribution in [0.15, 0.2) is 22.8 Å². The van der Waals surface area contributed by atoms with Crippen LogP contribution in [0, 0.1) is 5.41 Å². The lowest BCUT2D eigenvalue weighted by Crippen LogP contribution is -2.40. The van der Waals surface area contributed by atoms with Crippen LogP contribution in [-0.2, 0) is 4.74 Å². The Balaban J connectivity index is 3.04. The van der Waals surface area contributed by atoms with Crippen molar-refractivity contribution in [2.45, 2.75) is 73.5 Å².